The van der Waals surface area contributed by atoms with Crippen LogP contribution < -0.4 is 14.2 Å². The van der Waals surface area contributed by atoms with E-state index < -0.39 is 10.0 Å². The fourth-order valence-electron chi connectivity index (χ4n) is 5.09. The standard InChI is InChI=1S/C28H29ClN2O4S/c1-34-25-5-2-3-6-26(25)36(32,33)31-17-18-35-23-12-7-20-13-16-30-27(24(20)19-23)28(14-4-15-28)21-8-10-22(29)11-9-21/h2-3,5-12,19,31H,4,13-18H2,1H3. The molecule has 1 N–H and O–H groups in total. The van der Waals surface area contributed by atoms with E-state index >= 15 is 0 Å². The average molecular weight is 525 g/mol. The summed E-state index contributed by atoms with van der Waals surface area (Å²) in [5, 5.41) is 0.733. The summed E-state index contributed by atoms with van der Waals surface area (Å²) < 4.78 is 39.1. The Labute approximate surface area is 217 Å². The number of fused-ring (bicyclic) bond motifs is 1. The summed E-state index contributed by atoms with van der Waals surface area (Å²) in [5.74, 6) is 1.00. The molecule has 1 aliphatic carbocycles. The summed E-state index contributed by atoms with van der Waals surface area (Å²) in [5.41, 5.74) is 4.68. The van der Waals surface area contributed by atoms with Gasteiger partial charge < -0.3 is 9.47 Å². The van der Waals surface area contributed by atoms with Gasteiger partial charge in [-0.05, 0) is 66.8 Å². The molecule has 36 heavy (non-hydrogen) atoms. The Morgan fingerprint density at radius 1 is 1.06 bits per heavy atom. The molecule has 3 aromatic rings. The number of hydrogen-bond donors (Lipinski definition) is 1. The van der Waals surface area contributed by atoms with Crippen molar-refractivity contribution in [3.63, 3.8) is 0 Å². The number of nitrogens with one attached hydrogen (secondary N) is 1. The van der Waals surface area contributed by atoms with Crippen LogP contribution in [0.25, 0.3) is 0 Å². The maximum absolute atomic E-state index is 12.7. The van der Waals surface area contributed by atoms with Gasteiger partial charge in [0.1, 0.15) is 23.0 Å². The van der Waals surface area contributed by atoms with Crippen LogP contribution >= 0.6 is 11.6 Å². The first-order chi connectivity index (χ1) is 17.4. The molecule has 0 radical (unpaired) electrons. The Morgan fingerprint density at radius 2 is 1.83 bits per heavy atom. The van der Waals surface area contributed by atoms with Crippen molar-refractivity contribution in [2.24, 2.45) is 4.99 Å². The SMILES string of the molecule is COc1ccccc1S(=O)(=O)NCCOc1ccc2c(c1)C(C1(c3ccc(Cl)cc3)CCC1)=NCC2. The molecule has 5 rings (SSSR count). The summed E-state index contributed by atoms with van der Waals surface area (Å²) >= 11 is 6.15. The summed E-state index contributed by atoms with van der Waals surface area (Å²) in [6.07, 6.45) is 4.18. The van der Waals surface area contributed by atoms with Crippen molar-refractivity contribution in [1.82, 2.24) is 4.72 Å². The quantitative estimate of drug-likeness (QED) is 0.392. The molecule has 1 heterocycles. The van der Waals surface area contributed by atoms with Crippen LogP contribution in [0.3, 0.4) is 0 Å². The van der Waals surface area contributed by atoms with Crippen LogP contribution in [-0.2, 0) is 21.9 Å². The fraction of sp³-hybridized carbons (Fsp3) is 0.321. The highest BCUT2D eigenvalue weighted by molar-refractivity contribution is 7.89. The van der Waals surface area contributed by atoms with E-state index in [0.717, 1.165) is 42.1 Å². The van der Waals surface area contributed by atoms with Gasteiger partial charge in [0, 0.05) is 29.1 Å². The van der Waals surface area contributed by atoms with Gasteiger partial charge in [-0.25, -0.2) is 13.1 Å². The van der Waals surface area contributed by atoms with Crippen LogP contribution in [0.1, 0.15) is 36.0 Å². The number of methoxy groups -OCH3 is 1. The second-order valence-electron chi connectivity index (χ2n) is 9.14. The van der Waals surface area contributed by atoms with Gasteiger partial charge in [0.25, 0.3) is 0 Å². The number of halogens is 1. The van der Waals surface area contributed by atoms with Crippen molar-refractivity contribution in [2.75, 3.05) is 26.8 Å². The van der Waals surface area contributed by atoms with Crippen molar-refractivity contribution in [2.45, 2.75) is 36.0 Å². The highest BCUT2D eigenvalue weighted by atomic mass is 35.5. The molecule has 0 bridgehead atoms. The number of benzene rings is 3. The van der Waals surface area contributed by atoms with Gasteiger partial charge in [-0.2, -0.15) is 0 Å². The maximum Gasteiger partial charge on any atom is 0.244 e. The minimum atomic E-state index is -3.71. The number of hydrogen-bond acceptors (Lipinski definition) is 5. The topological polar surface area (TPSA) is 77.0 Å². The number of rotatable bonds is 9. The molecule has 0 atom stereocenters. The molecule has 188 valence electrons. The van der Waals surface area contributed by atoms with Gasteiger partial charge in [-0.1, -0.05) is 48.4 Å². The first-order valence-electron chi connectivity index (χ1n) is 12.1. The molecule has 0 spiro atoms. The average Bonchev–Trinajstić information content (AvgIpc) is 2.87. The van der Waals surface area contributed by atoms with E-state index in [1.165, 1.54) is 30.7 Å². The highest BCUT2D eigenvalue weighted by Gasteiger charge is 2.45. The number of para-hydroxylation sites is 1. The van der Waals surface area contributed by atoms with Crippen molar-refractivity contribution in [3.8, 4) is 11.5 Å². The minimum Gasteiger partial charge on any atom is -0.495 e. The van der Waals surface area contributed by atoms with Gasteiger partial charge in [0.2, 0.25) is 10.0 Å². The Morgan fingerprint density at radius 3 is 2.56 bits per heavy atom. The summed E-state index contributed by atoms with van der Waals surface area (Å²) in [6, 6.07) is 20.8. The molecule has 1 aliphatic heterocycles. The second kappa shape index (κ2) is 10.2. The van der Waals surface area contributed by atoms with Gasteiger partial charge in [-0.3, -0.25) is 4.99 Å². The Hall–Kier alpha value is -2.87. The fourth-order valence-corrected chi connectivity index (χ4v) is 6.40. The Balaban J connectivity index is 1.30. The predicted octanol–water partition coefficient (Wildman–Crippen LogP) is 5.17. The van der Waals surface area contributed by atoms with Gasteiger partial charge in [0.15, 0.2) is 0 Å². The van der Waals surface area contributed by atoms with E-state index in [1.54, 1.807) is 18.2 Å². The molecule has 0 saturated heterocycles. The lowest BCUT2D eigenvalue weighted by Gasteiger charge is -2.45. The zero-order valence-electron chi connectivity index (χ0n) is 20.2. The molecule has 3 aromatic carbocycles. The normalized spacial score (nSPS) is 16.4. The summed E-state index contributed by atoms with van der Waals surface area (Å²) in [4.78, 5) is 5.11. The van der Waals surface area contributed by atoms with E-state index in [4.69, 9.17) is 26.1 Å². The molecule has 8 heteroatoms. The van der Waals surface area contributed by atoms with Crippen LogP contribution in [0, 0.1) is 0 Å². The Kier molecular flexibility index (Phi) is 7.06. The largest absolute Gasteiger partial charge is 0.495 e. The smallest absolute Gasteiger partial charge is 0.244 e. The summed E-state index contributed by atoms with van der Waals surface area (Å²) in [7, 11) is -2.26. The molecule has 0 unspecified atom stereocenters. The second-order valence-corrected chi connectivity index (χ2v) is 11.3. The van der Waals surface area contributed by atoms with Crippen molar-refractivity contribution in [3.05, 3.63) is 88.4 Å². The van der Waals surface area contributed by atoms with Gasteiger partial charge in [0.05, 0.1) is 12.8 Å². The minimum absolute atomic E-state index is 0.0945. The number of sulfonamides is 1. The lowest BCUT2D eigenvalue weighted by atomic mass is 9.59. The molecule has 0 amide bonds. The third kappa shape index (κ3) is 4.75. The maximum atomic E-state index is 12.7. The molecule has 1 fully saturated rings. The van der Waals surface area contributed by atoms with E-state index in [-0.39, 0.29) is 23.5 Å². The number of ether oxygens (including phenoxy) is 2. The molecule has 1 saturated carbocycles. The predicted molar refractivity (Wildman–Crippen MR) is 142 cm³/mol. The van der Waals surface area contributed by atoms with Crippen LogP contribution in [0.15, 0.2) is 76.6 Å². The summed E-state index contributed by atoms with van der Waals surface area (Å²) in [6.45, 7) is 1.11. The first kappa shape index (κ1) is 24.8. The van der Waals surface area contributed by atoms with E-state index in [1.807, 2.05) is 18.2 Å². The molecule has 6 nitrogen and oxygen atoms in total. The number of aliphatic imine (C=N–C) groups is 1. The molecular formula is C28H29ClN2O4S. The molecule has 0 aromatic heterocycles. The number of nitrogens with zero attached hydrogens (tertiary/aromatic N) is 1. The van der Waals surface area contributed by atoms with E-state index in [9.17, 15) is 8.42 Å². The van der Waals surface area contributed by atoms with Crippen LogP contribution in [0.4, 0.5) is 0 Å². The van der Waals surface area contributed by atoms with Crippen LogP contribution in [0.2, 0.25) is 5.02 Å². The van der Waals surface area contributed by atoms with Crippen molar-refractivity contribution >= 4 is 27.3 Å². The highest BCUT2D eigenvalue weighted by Crippen LogP contribution is 2.48. The van der Waals surface area contributed by atoms with E-state index in [2.05, 4.69) is 29.0 Å². The Bertz CT molecular complexity index is 1380. The van der Waals surface area contributed by atoms with Crippen LogP contribution in [0.5, 0.6) is 11.5 Å². The van der Waals surface area contributed by atoms with Crippen molar-refractivity contribution in [1.29, 1.82) is 0 Å². The zero-order chi connectivity index (χ0) is 25.2. The third-order valence-electron chi connectivity index (χ3n) is 7.07. The van der Waals surface area contributed by atoms with Gasteiger partial charge in [-0.15, -0.1) is 0 Å². The molecule has 2 aliphatic rings. The van der Waals surface area contributed by atoms with Crippen LogP contribution in [-0.4, -0.2) is 40.9 Å². The molecular weight excluding hydrogens is 496 g/mol. The third-order valence-corrected chi connectivity index (χ3v) is 8.82. The lowest BCUT2D eigenvalue weighted by molar-refractivity contribution is 0.322. The first-order valence-corrected chi connectivity index (χ1v) is 14.0. The monoisotopic (exact) mass is 524 g/mol. The van der Waals surface area contributed by atoms with E-state index in [0.29, 0.717) is 11.5 Å². The zero-order valence-corrected chi connectivity index (χ0v) is 21.7. The lowest BCUT2D eigenvalue weighted by Crippen LogP contribution is -2.44. The van der Waals surface area contributed by atoms with Crippen molar-refractivity contribution < 1.29 is 17.9 Å². The van der Waals surface area contributed by atoms with Gasteiger partial charge >= 0.3 is 0 Å².